The lowest BCUT2D eigenvalue weighted by Gasteiger charge is -2.07. The molecule has 2 N–H and O–H groups in total. The van der Waals surface area contributed by atoms with E-state index in [0.29, 0.717) is 11.6 Å². The van der Waals surface area contributed by atoms with Crippen LogP contribution >= 0.6 is 11.3 Å². The first kappa shape index (κ1) is 14.4. The molecule has 7 heteroatoms. The Balaban J connectivity index is 1.68. The van der Waals surface area contributed by atoms with Gasteiger partial charge in [-0.05, 0) is 24.6 Å². The minimum atomic E-state index is -0.170. The van der Waals surface area contributed by atoms with E-state index in [1.54, 1.807) is 29.7 Å². The molecule has 0 saturated heterocycles. The number of carbonyl (C=O) groups is 1. The summed E-state index contributed by atoms with van der Waals surface area (Å²) in [5.74, 6) is 1.04. The third-order valence-corrected chi connectivity index (χ3v) is 4.27. The molecule has 0 fully saturated rings. The summed E-state index contributed by atoms with van der Waals surface area (Å²) in [4.78, 5) is 26.6. The Morgan fingerprint density at radius 2 is 2.18 bits per heavy atom. The van der Waals surface area contributed by atoms with Crippen molar-refractivity contribution < 1.29 is 4.79 Å². The lowest BCUT2D eigenvalue weighted by Crippen LogP contribution is -2.22. The average Bonchev–Trinajstić information content (AvgIpc) is 2.97. The molecule has 0 unspecified atom stereocenters. The van der Waals surface area contributed by atoms with Crippen LogP contribution in [0.25, 0.3) is 10.2 Å². The van der Waals surface area contributed by atoms with E-state index in [2.05, 4.69) is 38.6 Å². The molecule has 0 aliphatic carbocycles. The van der Waals surface area contributed by atoms with Crippen molar-refractivity contribution in [1.82, 2.24) is 15.0 Å². The summed E-state index contributed by atoms with van der Waals surface area (Å²) in [6, 6.07) is 7.43. The molecule has 0 aromatic carbocycles. The predicted octanol–water partition coefficient (Wildman–Crippen LogP) is 2.70. The molecular formula is C15H15N5OS. The zero-order valence-corrected chi connectivity index (χ0v) is 12.9. The molecule has 0 saturated carbocycles. The highest BCUT2D eigenvalue weighted by Crippen LogP contribution is 2.28. The van der Waals surface area contributed by atoms with E-state index in [1.165, 1.54) is 11.2 Å². The van der Waals surface area contributed by atoms with Crippen LogP contribution in [0.5, 0.6) is 0 Å². The molecule has 112 valence electrons. The predicted molar refractivity (Wildman–Crippen MR) is 88.1 cm³/mol. The number of aromatic nitrogens is 3. The number of carbonyl (C=O) groups excluding carboxylic acids is 1. The van der Waals surface area contributed by atoms with Gasteiger partial charge in [-0.25, -0.2) is 15.0 Å². The number of anilines is 2. The second-order valence-electron chi connectivity index (χ2n) is 4.62. The van der Waals surface area contributed by atoms with Crippen LogP contribution in [0, 0.1) is 0 Å². The Labute approximate surface area is 131 Å². The van der Waals surface area contributed by atoms with Crippen molar-refractivity contribution in [3.05, 3.63) is 41.7 Å². The third kappa shape index (κ3) is 3.20. The fourth-order valence-electron chi connectivity index (χ4n) is 2.01. The normalized spacial score (nSPS) is 10.6. The minimum Gasteiger partial charge on any atom is -0.360 e. The number of pyridine rings is 1. The van der Waals surface area contributed by atoms with E-state index in [9.17, 15) is 4.79 Å². The van der Waals surface area contributed by atoms with Crippen LogP contribution in [-0.2, 0) is 11.2 Å². The maximum Gasteiger partial charge on any atom is 0.244 e. The molecule has 3 rings (SSSR count). The molecule has 0 atom stereocenters. The topological polar surface area (TPSA) is 79.8 Å². The molecular weight excluding hydrogens is 298 g/mol. The number of nitrogens with zero attached hydrogens (tertiary/aromatic N) is 3. The molecule has 0 aliphatic rings. The Bertz CT molecular complexity index is 787. The van der Waals surface area contributed by atoms with Gasteiger partial charge in [0.05, 0.1) is 11.9 Å². The number of rotatable bonds is 5. The Hall–Kier alpha value is -2.54. The van der Waals surface area contributed by atoms with Crippen molar-refractivity contribution >= 4 is 39.1 Å². The number of thiophene rings is 1. The lowest BCUT2D eigenvalue weighted by molar-refractivity contribution is -0.114. The summed E-state index contributed by atoms with van der Waals surface area (Å²) in [6.07, 6.45) is 4.10. The summed E-state index contributed by atoms with van der Waals surface area (Å²) in [5, 5.41) is 6.74. The lowest BCUT2D eigenvalue weighted by atomic mass is 10.3. The fourth-order valence-corrected chi connectivity index (χ4v) is 2.94. The van der Waals surface area contributed by atoms with Gasteiger partial charge >= 0.3 is 0 Å². The quantitative estimate of drug-likeness (QED) is 0.757. The van der Waals surface area contributed by atoms with Crippen LogP contribution in [0.15, 0.2) is 36.8 Å². The molecule has 22 heavy (non-hydrogen) atoms. The molecule has 3 aromatic heterocycles. The molecule has 3 aromatic rings. The van der Waals surface area contributed by atoms with Crippen molar-refractivity contribution in [3.63, 3.8) is 0 Å². The van der Waals surface area contributed by atoms with Gasteiger partial charge in [0.2, 0.25) is 5.91 Å². The maximum absolute atomic E-state index is 11.9. The van der Waals surface area contributed by atoms with Gasteiger partial charge in [-0.1, -0.05) is 13.0 Å². The molecule has 3 heterocycles. The standard InChI is InChI=1S/C15H15N5OS/c1-2-10-7-11-14(18-9-19-15(11)22-10)17-8-13(21)20-12-5-3-4-6-16-12/h3-7,9H,2,8H2,1H3,(H,16,20,21)(H,17,18,19). The first-order chi connectivity index (χ1) is 10.8. The fraction of sp³-hybridized carbons (Fsp3) is 0.200. The van der Waals surface area contributed by atoms with Crippen LogP contribution in [0.4, 0.5) is 11.6 Å². The maximum atomic E-state index is 11.9. The number of aryl methyl sites for hydroxylation is 1. The molecule has 6 nitrogen and oxygen atoms in total. The molecule has 1 amide bonds. The van der Waals surface area contributed by atoms with Crippen LogP contribution in [0.1, 0.15) is 11.8 Å². The van der Waals surface area contributed by atoms with Crippen molar-refractivity contribution in [1.29, 1.82) is 0 Å². The second kappa shape index (κ2) is 6.48. The number of amides is 1. The van der Waals surface area contributed by atoms with Gasteiger partial charge in [0.15, 0.2) is 0 Å². The van der Waals surface area contributed by atoms with Gasteiger partial charge < -0.3 is 10.6 Å². The van der Waals surface area contributed by atoms with Gasteiger partial charge in [-0.2, -0.15) is 0 Å². The SMILES string of the molecule is CCc1cc2c(NCC(=O)Nc3ccccn3)ncnc2s1. The van der Waals surface area contributed by atoms with Gasteiger partial charge in [0.1, 0.15) is 22.8 Å². The van der Waals surface area contributed by atoms with Gasteiger partial charge in [0, 0.05) is 11.1 Å². The first-order valence-corrected chi connectivity index (χ1v) is 7.76. The summed E-state index contributed by atoms with van der Waals surface area (Å²) in [6.45, 7) is 2.23. The monoisotopic (exact) mass is 313 g/mol. The first-order valence-electron chi connectivity index (χ1n) is 6.94. The van der Waals surface area contributed by atoms with E-state index < -0.39 is 0 Å². The summed E-state index contributed by atoms with van der Waals surface area (Å²) in [5.41, 5.74) is 0. The van der Waals surface area contributed by atoms with Crippen molar-refractivity contribution in [2.45, 2.75) is 13.3 Å². The van der Waals surface area contributed by atoms with Crippen molar-refractivity contribution in [3.8, 4) is 0 Å². The van der Waals surface area contributed by atoms with Gasteiger partial charge in [0.25, 0.3) is 0 Å². The summed E-state index contributed by atoms with van der Waals surface area (Å²) < 4.78 is 0. The third-order valence-electron chi connectivity index (χ3n) is 3.08. The zero-order chi connectivity index (χ0) is 15.4. The highest BCUT2D eigenvalue weighted by molar-refractivity contribution is 7.18. The number of hydrogen-bond donors (Lipinski definition) is 2. The number of hydrogen-bond acceptors (Lipinski definition) is 6. The molecule has 0 aliphatic heterocycles. The van der Waals surface area contributed by atoms with Crippen LogP contribution < -0.4 is 10.6 Å². The summed E-state index contributed by atoms with van der Waals surface area (Å²) >= 11 is 1.65. The van der Waals surface area contributed by atoms with Crippen molar-refractivity contribution in [2.75, 3.05) is 17.2 Å². The summed E-state index contributed by atoms with van der Waals surface area (Å²) in [7, 11) is 0. The number of nitrogens with one attached hydrogen (secondary N) is 2. The van der Waals surface area contributed by atoms with E-state index in [0.717, 1.165) is 16.6 Å². The highest BCUT2D eigenvalue weighted by atomic mass is 32.1. The second-order valence-corrected chi connectivity index (χ2v) is 5.74. The Kier molecular flexibility index (Phi) is 4.24. The van der Waals surface area contributed by atoms with E-state index >= 15 is 0 Å². The largest absolute Gasteiger partial charge is 0.360 e. The van der Waals surface area contributed by atoms with Crippen LogP contribution in [-0.4, -0.2) is 27.4 Å². The van der Waals surface area contributed by atoms with E-state index in [-0.39, 0.29) is 12.5 Å². The number of fused-ring (bicyclic) bond motifs is 1. The zero-order valence-electron chi connectivity index (χ0n) is 12.0. The van der Waals surface area contributed by atoms with Crippen molar-refractivity contribution in [2.24, 2.45) is 0 Å². The van der Waals surface area contributed by atoms with Gasteiger partial charge in [-0.3, -0.25) is 4.79 Å². The molecule has 0 bridgehead atoms. The highest BCUT2D eigenvalue weighted by Gasteiger charge is 2.09. The minimum absolute atomic E-state index is 0.125. The average molecular weight is 313 g/mol. The Morgan fingerprint density at radius 3 is 2.95 bits per heavy atom. The van der Waals surface area contributed by atoms with E-state index in [4.69, 9.17) is 0 Å². The molecule has 0 radical (unpaired) electrons. The van der Waals surface area contributed by atoms with Gasteiger partial charge in [-0.15, -0.1) is 11.3 Å². The van der Waals surface area contributed by atoms with Crippen LogP contribution in [0.3, 0.4) is 0 Å². The molecule has 0 spiro atoms. The van der Waals surface area contributed by atoms with E-state index in [1.807, 2.05) is 6.07 Å². The smallest absolute Gasteiger partial charge is 0.244 e. The van der Waals surface area contributed by atoms with Crippen LogP contribution in [0.2, 0.25) is 0 Å². The Morgan fingerprint density at radius 1 is 1.27 bits per heavy atom.